The third-order valence-electron chi connectivity index (χ3n) is 4.53. The number of nitrogens with one attached hydrogen (secondary N) is 1. The molecule has 4 rings (SSSR count). The summed E-state index contributed by atoms with van der Waals surface area (Å²) in [6, 6.07) is 8.32. The lowest BCUT2D eigenvalue weighted by Crippen LogP contribution is -2.27. The van der Waals surface area contributed by atoms with Crippen LogP contribution in [0.5, 0.6) is 0 Å². The van der Waals surface area contributed by atoms with Gasteiger partial charge in [0.05, 0.1) is 17.6 Å². The van der Waals surface area contributed by atoms with Crippen LogP contribution >= 0.6 is 11.3 Å². The van der Waals surface area contributed by atoms with E-state index in [0.29, 0.717) is 40.6 Å². The van der Waals surface area contributed by atoms with Crippen molar-refractivity contribution in [1.82, 2.24) is 4.98 Å². The number of aromatic nitrogens is 1. The predicted molar refractivity (Wildman–Crippen MR) is 108 cm³/mol. The van der Waals surface area contributed by atoms with Gasteiger partial charge in [0.1, 0.15) is 0 Å². The largest absolute Gasteiger partial charge is 0.298 e. The molecule has 0 radical (unpaired) electrons. The van der Waals surface area contributed by atoms with Crippen LogP contribution < -0.4 is 9.62 Å². The van der Waals surface area contributed by atoms with Gasteiger partial charge in [-0.3, -0.25) is 14.4 Å². The number of hydrogen-bond donors (Lipinski definition) is 1. The molecule has 1 aliphatic rings. The predicted octanol–water partition coefficient (Wildman–Crippen LogP) is 3.66. The molecule has 0 atom stereocenters. The Morgan fingerprint density at radius 1 is 1.17 bits per heavy atom. The van der Waals surface area contributed by atoms with E-state index in [9.17, 15) is 22.0 Å². The molecule has 2 aromatic carbocycles. The summed E-state index contributed by atoms with van der Waals surface area (Å²) >= 11 is 1.16. The second-order valence-corrected chi connectivity index (χ2v) is 9.31. The average Bonchev–Trinajstić information content (AvgIpc) is 3.30. The number of thiazole rings is 1. The van der Waals surface area contributed by atoms with E-state index in [2.05, 4.69) is 10.3 Å². The van der Waals surface area contributed by atoms with Crippen LogP contribution in [0, 0.1) is 11.6 Å². The molecule has 10 heteroatoms. The summed E-state index contributed by atoms with van der Waals surface area (Å²) in [5, 5.41) is 4.62. The van der Waals surface area contributed by atoms with Gasteiger partial charge in [0, 0.05) is 23.1 Å². The monoisotopic (exact) mass is 435 g/mol. The van der Waals surface area contributed by atoms with Crippen LogP contribution in [0.3, 0.4) is 0 Å². The highest BCUT2D eigenvalue weighted by Crippen LogP contribution is 2.31. The minimum absolute atomic E-state index is 0.313. The number of carbonyl (C=O) groups excluding carboxylic acids is 1. The fraction of sp³-hybridized carbons (Fsp3) is 0.158. The van der Waals surface area contributed by atoms with Crippen molar-refractivity contribution in [2.75, 3.05) is 22.4 Å². The molecule has 2 heterocycles. The molecule has 6 nitrogen and oxygen atoms in total. The molecule has 1 aromatic heterocycles. The minimum Gasteiger partial charge on any atom is -0.298 e. The number of rotatable bonds is 4. The summed E-state index contributed by atoms with van der Waals surface area (Å²) in [5.74, 6) is -2.30. The van der Waals surface area contributed by atoms with Gasteiger partial charge in [-0.15, -0.1) is 11.3 Å². The van der Waals surface area contributed by atoms with Gasteiger partial charge >= 0.3 is 0 Å². The Balaban J connectivity index is 1.52. The maximum atomic E-state index is 13.4. The van der Waals surface area contributed by atoms with E-state index < -0.39 is 27.6 Å². The fourth-order valence-corrected chi connectivity index (χ4v) is 4.82. The van der Waals surface area contributed by atoms with Gasteiger partial charge in [-0.05, 0) is 48.4 Å². The highest BCUT2D eigenvalue weighted by atomic mass is 32.2. The minimum atomic E-state index is -3.35. The van der Waals surface area contributed by atoms with Gasteiger partial charge in [-0.1, -0.05) is 0 Å². The van der Waals surface area contributed by atoms with Crippen LogP contribution in [-0.4, -0.2) is 32.1 Å². The van der Waals surface area contributed by atoms with Crippen molar-refractivity contribution in [3.63, 3.8) is 0 Å². The second kappa shape index (κ2) is 7.20. The molecular weight excluding hydrogens is 420 g/mol. The van der Waals surface area contributed by atoms with E-state index in [-0.39, 0.29) is 0 Å². The highest BCUT2D eigenvalue weighted by Gasteiger charge is 2.26. The second-order valence-electron chi connectivity index (χ2n) is 6.55. The first-order valence-corrected chi connectivity index (χ1v) is 11.3. The van der Waals surface area contributed by atoms with Gasteiger partial charge in [-0.25, -0.2) is 22.2 Å². The third-order valence-corrected chi connectivity index (χ3v) is 6.47. The molecule has 0 saturated carbocycles. The summed E-state index contributed by atoms with van der Waals surface area (Å²) in [6.07, 6.45) is 1.68. The molecule has 0 spiro atoms. The Bertz CT molecular complexity index is 1230. The van der Waals surface area contributed by atoms with Crippen molar-refractivity contribution in [2.45, 2.75) is 6.42 Å². The van der Waals surface area contributed by atoms with E-state index in [1.54, 1.807) is 23.6 Å². The summed E-state index contributed by atoms with van der Waals surface area (Å²) in [7, 11) is -3.35. The van der Waals surface area contributed by atoms with Crippen LogP contribution in [0.15, 0.2) is 41.8 Å². The van der Waals surface area contributed by atoms with Crippen LogP contribution in [0.4, 0.5) is 19.6 Å². The third kappa shape index (κ3) is 3.85. The lowest BCUT2D eigenvalue weighted by molar-refractivity contribution is 0.102. The molecule has 1 aliphatic heterocycles. The zero-order valence-electron chi connectivity index (χ0n) is 15.1. The van der Waals surface area contributed by atoms with Crippen molar-refractivity contribution in [3.8, 4) is 11.3 Å². The maximum absolute atomic E-state index is 13.4. The number of anilines is 2. The molecule has 0 bridgehead atoms. The summed E-state index contributed by atoms with van der Waals surface area (Å²) in [6.45, 7) is 0.351. The smallest absolute Gasteiger partial charge is 0.257 e. The van der Waals surface area contributed by atoms with Gasteiger partial charge in [0.25, 0.3) is 5.91 Å². The number of benzene rings is 2. The Morgan fingerprint density at radius 3 is 2.69 bits per heavy atom. The number of nitrogens with zero attached hydrogens (tertiary/aromatic N) is 2. The van der Waals surface area contributed by atoms with Gasteiger partial charge < -0.3 is 0 Å². The lowest BCUT2D eigenvalue weighted by atomic mass is 10.1. The van der Waals surface area contributed by atoms with Crippen LogP contribution in [0.1, 0.15) is 15.9 Å². The van der Waals surface area contributed by atoms with Crippen molar-refractivity contribution in [3.05, 3.63) is 64.5 Å². The van der Waals surface area contributed by atoms with E-state index >= 15 is 0 Å². The van der Waals surface area contributed by atoms with E-state index in [1.807, 2.05) is 0 Å². The molecule has 0 fully saturated rings. The van der Waals surface area contributed by atoms with Crippen molar-refractivity contribution in [1.29, 1.82) is 0 Å². The Kier molecular flexibility index (Phi) is 4.83. The fourth-order valence-electron chi connectivity index (χ4n) is 3.15. The normalized spacial score (nSPS) is 13.4. The number of fused-ring (bicyclic) bond motifs is 1. The Morgan fingerprint density at radius 2 is 1.97 bits per heavy atom. The Labute approximate surface area is 169 Å². The highest BCUT2D eigenvalue weighted by molar-refractivity contribution is 7.92. The molecule has 1 N–H and O–H groups in total. The maximum Gasteiger partial charge on any atom is 0.257 e. The first-order valence-electron chi connectivity index (χ1n) is 8.55. The molecule has 3 aromatic rings. The molecule has 0 aliphatic carbocycles. The van der Waals surface area contributed by atoms with E-state index in [0.717, 1.165) is 35.3 Å². The number of sulfonamides is 1. The number of carbonyl (C=O) groups is 1. The van der Waals surface area contributed by atoms with Crippen molar-refractivity contribution < 1.29 is 22.0 Å². The van der Waals surface area contributed by atoms with Crippen LogP contribution in [0.25, 0.3) is 11.3 Å². The first-order chi connectivity index (χ1) is 13.7. The van der Waals surface area contributed by atoms with Crippen LogP contribution in [-0.2, 0) is 16.4 Å². The number of amides is 1. The molecule has 0 unspecified atom stereocenters. The zero-order chi connectivity index (χ0) is 20.8. The summed E-state index contributed by atoms with van der Waals surface area (Å²) in [5.41, 5.74) is 2.56. The van der Waals surface area contributed by atoms with Crippen molar-refractivity contribution >= 4 is 38.1 Å². The van der Waals surface area contributed by atoms with E-state index in [1.165, 1.54) is 10.4 Å². The summed E-state index contributed by atoms with van der Waals surface area (Å²) < 4.78 is 51.4. The molecule has 29 heavy (non-hydrogen) atoms. The molecule has 0 saturated heterocycles. The molecule has 150 valence electrons. The Hall–Kier alpha value is -2.85. The molecular formula is C19H15F2N3O3S2. The van der Waals surface area contributed by atoms with Crippen molar-refractivity contribution in [2.24, 2.45) is 0 Å². The van der Waals surface area contributed by atoms with Crippen LogP contribution in [0.2, 0.25) is 0 Å². The van der Waals surface area contributed by atoms with Gasteiger partial charge in [-0.2, -0.15) is 0 Å². The molecule has 1 amide bonds. The quantitative estimate of drug-likeness (QED) is 0.678. The van der Waals surface area contributed by atoms with Gasteiger partial charge in [0.2, 0.25) is 10.0 Å². The standard InChI is InChI=1S/C19H15F2N3O3S2/c1-29(26,27)24-7-6-12-8-13(3-5-17(12)24)18(25)23-19-22-16(10-28-19)11-2-4-14(20)15(21)9-11/h2-5,8-10H,6-7H2,1H3,(H,22,23,25). The zero-order valence-corrected chi connectivity index (χ0v) is 16.8. The number of halogens is 2. The lowest BCUT2D eigenvalue weighted by Gasteiger charge is -2.16. The average molecular weight is 435 g/mol. The van der Waals surface area contributed by atoms with E-state index in [4.69, 9.17) is 0 Å². The van der Waals surface area contributed by atoms with Gasteiger partial charge in [0.15, 0.2) is 16.8 Å². The first kappa shape index (κ1) is 19.5. The SMILES string of the molecule is CS(=O)(=O)N1CCc2cc(C(=O)Nc3nc(-c4ccc(F)c(F)c4)cs3)ccc21. The topological polar surface area (TPSA) is 79.4 Å². The summed E-state index contributed by atoms with van der Waals surface area (Å²) in [4.78, 5) is 16.8. The number of hydrogen-bond acceptors (Lipinski definition) is 5.